The van der Waals surface area contributed by atoms with Crippen LogP contribution in [0.15, 0.2) is 33.8 Å². The number of nitrogens with one attached hydrogen (secondary N) is 1. The molecule has 1 saturated heterocycles. The van der Waals surface area contributed by atoms with Crippen molar-refractivity contribution in [1.29, 1.82) is 0 Å². The van der Waals surface area contributed by atoms with E-state index in [9.17, 15) is 0 Å². The van der Waals surface area contributed by atoms with E-state index in [1.54, 1.807) is 0 Å². The molecule has 0 amide bonds. The van der Waals surface area contributed by atoms with Gasteiger partial charge in [0.15, 0.2) is 11.8 Å². The van der Waals surface area contributed by atoms with Crippen LogP contribution in [-0.2, 0) is 17.7 Å². The normalized spacial score (nSPS) is 16.7. The number of hydrogen-bond donors (Lipinski definition) is 1. The summed E-state index contributed by atoms with van der Waals surface area (Å²) in [5, 5.41) is 7.47. The van der Waals surface area contributed by atoms with Crippen molar-refractivity contribution in [3.63, 3.8) is 0 Å². The number of halogens is 1. The van der Waals surface area contributed by atoms with Crippen LogP contribution < -0.4 is 5.32 Å². The number of nitrogens with zero attached hydrogens (tertiary/aromatic N) is 4. The van der Waals surface area contributed by atoms with Crippen LogP contribution >= 0.6 is 24.0 Å². The third kappa shape index (κ3) is 6.16. The molecule has 154 valence electrons. The van der Waals surface area contributed by atoms with Crippen LogP contribution in [0.25, 0.3) is 11.5 Å². The van der Waals surface area contributed by atoms with Gasteiger partial charge in [0.05, 0.1) is 6.61 Å². The van der Waals surface area contributed by atoms with Gasteiger partial charge in [0.2, 0.25) is 0 Å². The monoisotopic (exact) mass is 499 g/mol. The van der Waals surface area contributed by atoms with Crippen LogP contribution in [0.2, 0.25) is 0 Å². The Morgan fingerprint density at radius 2 is 2.25 bits per heavy atom. The van der Waals surface area contributed by atoms with Gasteiger partial charge in [-0.15, -0.1) is 24.0 Å². The maximum atomic E-state index is 5.47. The zero-order valence-electron chi connectivity index (χ0n) is 16.9. The van der Waals surface area contributed by atoms with E-state index in [2.05, 4.69) is 51.5 Å². The lowest BCUT2D eigenvalue weighted by atomic mass is 10.1. The Morgan fingerprint density at radius 1 is 1.39 bits per heavy atom. The Balaban J connectivity index is 0.00000280. The standard InChI is InChI=1S/C20H29N5O2.HI/c1-4-6-18-23-19(27-24-18)17-8-5-7-15(11-17)12-22-20(21-2)25(3)13-16-9-10-26-14-16;/h5,7-8,11,16H,4,6,9-10,12-14H2,1-3H3,(H,21,22);1H. The predicted octanol–water partition coefficient (Wildman–Crippen LogP) is 3.35. The fraction of sp³-hybridized carbons (Fsp3) is 0.550. The summed E-state index contributed by atoms with van der Waals surface area (Å²) in [6.45, 7) is 5.44. The summed E-state index contributed by atoms with van der Waals surface area (Å²) >= 11 is 0. The van der Waals surface area contributed by atoms with Crippen LogP contribution in [0.5, 0.6) is 0 Å². The third-order valence-corrected chi connectivity index (χ3v) is 4.70. The third-order valence-electron chi connectivity index (χ3n) is 4.70. The quantitative estimate of drug-likeness (QED) is 0.358. The number of aryl methyl sites for hydroxylation is 1. The van der Waals surface area contributed by atoms with Crippen molar-refractivity contribution >= 4 is 29.9 Å². The van der Waals surface area contributed by atoms with Crippen molar-refractivity contribution in [2.24, 2.45) is 10.9 Å². The molecule has 0 aliphatic carbocycles. The first-order chi connectivity index (χ1) is 13.2. The van der Waals surface area contributed by atoms with Gasteiger partial charge in [-0.2, -0.15) is 4.98 Å². The average molecular weight is 499 g/mol. The minimum Gasteiger partial charge on any atom is -0.381 e. The lowest BCUT2D eigenvalue weighted by molar-refractivity contribution is 0.181. The Labute approximate surface area is 184 Å². The van der Waals surface area contributed by atoms with E-state index in [0.29, 0.717) is 18.4 Å². The first-order valence-corrected chi connectivity index (χ1v) is 9.61. The van der Waals surface area contributed by atoms with Crippen LogP contribution in [0.3, 0.4) is 0 Å². The van der Waals surface area contributed by atoms with Gasteiger partial charge in [-0.3, -0.25) is 4.99 Å². The van der Waals surface area contributed by atoms with Crippen molar-refractivity contribution < 1.29 is 9.26 Å². The van der Waals surface area contributed by atoms with Gasteiger partial charge < -0.3 is 19.5 Å². The molecule has 0 spiro atoms. The highest BCUT2D eigenvalue weighted by molar-refractivity contribution is 14.0. The second-order valence-electron chi connectivity index (χ2n) is 6.98. The summed E-state index contributed by atoms with van der Waals surface area (Å²) in [5.74, 6) is 2.79. The topological polar surface area (TPSA) is 75.8 Å². The maximum absolute atomic E-state index is 5.47. The lowest BCUT2D eigenvalue weighted by Gasteiger charge is -2.24. The second kappa shape index (κ2) is 11.4. The van der Waals surface area contributed by atoms with Gasteiger partial charge in [0, 0.05) is 51.7 Å². The minimum atomic E-state index is 0. The van der Waals surface area contributed by atoms with E-state index < -0.39 is 0 Å². The largest absolute Gasteiger partial charge is 0.381 e. The highest BCUT2D eigenvalue weighted by Gasteiger charge is 2.19. The molecule has 1 atom stereocenters. The van der Waals surface area contributed by atoms with E-state index >= 15 is 0 Å². The van der Waals surface area contributed by atoms with Gasteiger partial charge >= 0.3 is 0 Å². The number of hydrogen-bond acceptors (Lipinski definition) is 5. The molecule has 0 radical (unpaired) electrons. The first kappa shape index (κ1) is 22.6. The van der Waals surface area contributed by atoms with Crippen molar-refractivity contribution in [3.8, 4) is 11.5 Å². The number of aromatic nitrogens is 2. The first-order valence-electron chi connectivity index (χ1n) is 9.61. The zero-order chi connectivity index (χ0) is 19.1. The highest BCUT2D eigenvalue weighted by Crippen LogP contribution is 2.19. The van der Waals surface area contributed by atoms with Crippen LogP contribution in [-0.4, -0.2) is 54.9 Å². The molecule has 2 heterocycles. The second-order valence-corrected chi connectivity index (χ2v) is 6.98. The van der Waals surface area contributed by atoms with E-state index in [-0.39, 0.29) is 24.0 Å². The Bertz CT molecular complexity index is 759. The number of rotatable bonds is 7. The molecule has 1 aromatic heterocycles. The van der Waals surface area contributed by atoms with Crippen molar-refractivity contribution in [2.45, 2.75) is 32.7 Å². The summed E-state index contributed by atoms with van der Waals surface area (Å²) in [4.78, 5) is 11.0. The summed E-state index contributed by atoms with van der Waals surface area (Å²) in [6.07, 6.45) is 2.95. The summed E-state index contributed by atoms with van der Waals surface area (Å²) in [7, 11) is 3.88. The molecule has 3 rings (SSSR count). The number of guanidine groups is 1. The molecule has 0 bridgehead atoms. The molecule has 1 aromatic carbocycles. The number of benzene rings is 1. The summed E-state index contributed by atoms with van der Waals surface area (Å²) in [5.41, 5.74) is 2.08. The number of ether oxygens (including phenoxy) is 1. The molecular weight excluding hydrogens is 469 g/mol. The molecule has 1 unspecified atom stereocenters. The van der Waals surface area contributed by atoms with Crippen molar-refractivity contribution in [1.82, 2.24) is 20.4 Å². The van der Waals surface area contributed by atoms with Crippen LogP contribution in [0, 0.1) is 5.92 Å². The van der Waals surface area contributed by atoms with E-state index in [4.69, 9.17) is 9.26 Å². The Hall–Kier alpha value is -1.68. The SMILES string of the molecule is CCCc1noc(-c2cccc(CNC(=NC)N(C)CC3CCOC3)c2)n1.I. The van der Waals surface area contributed by atoms with E-state index in [1.807, 2.05) is 19.2 Å². The number of aliphatic imine (C=N–C) groups is 1. The molecular formula is C20H30IN5O2. The molecule has 0 saturated carbocycles. The molecule has 1 fully saturated rings. The smallest absolute Gasteiger partial charge is 0.257 e. The molecule has 28 heavy (non-hydrogen) atoms. The van der Waals surface area contributed by atoms with E-state index in [0.717, 1.165) is 61.9 Å². The van der Waals surface area contributed by atoms with Gasteiger partial charge in [-0.05, 0) is 30.5 Å². The minimum absolute atomic E-state index is 0. The summed E-state index contributed by atoms with van der Waals surface area (Å²) in [6, 6.07) is 8.17. The Morgan fingerprint density at radius 3 is 2.96 bits per heavy atom. The fourth-order valence-corrected chi connectivity index (χ4v) is 3.28. The van der Waals surface area contributed by atoms with Crippen LogP contribution in [0.4, 0.5) is 0 Å². The van der Waals surface area contributed by atoms with Gasteiger partial charge in [0.25, 0.3) is 5.89 Å². The average Bonchev–Trinajstić information content (AvgIpc) is 3.35. The summed E-state index contributed by atoms with van der Waals surface area (Å²) < 4.78 is 10.9. The highest BCUT2D eigenvalue weighted by atomic mass is 127. The van der Waals surface area contributed by atoms with Crippen LogP contribution in [0.1, 0.15) is 31.2 Å². The van der Waals surface area contributed by atoms with Gasteiger partial charge in [0.1, 0.15) is 0 Å². The molecule has 7 nitrogen and oxygen atoms in total. The molecule has 1 aliphatic rings. The predicted molar refractivity (Wildman–Crippen MR) is 121 cm³/mol. The maximum Gasteiger partial charge on any atom is 0.257 e. The molecule has 1 N–H and O–H groups in total. The van der Waals surface area contributed by atoms with Crippen molar-refractivity contribution in [3.05, 3.63) is 35.7 Å². The molecule has 8 heteroatoms. The van der Waals surface area contributed by atoms with Gasteiger partial charge in [-0.25, -0.2) is 0 Å². The van der Waals surface area contributed by atoms with E-state index in [1.165, 1.54) is 0 Å². The fourth-order valence-electron chi connectivity index (χ4n) is 3.28. The molecule has 2 aromatic rings. The van der Waals surface area contributed by atoms with Gasteiger partial charge in [-0.1, -0.05) is 24.2 Å². The zero-order valence-corrected chi connectivity index (χ0v) is 19.2. The Kier molecular flexibility index (Phi) is 9.17. The molecule has 1 aliphatic heterocycles. The van der Waals surface area contributed by atoms with Crippen molar-refractivity contribution in [2.75, 3.05) is 33.9 Å². The lowest BCUT2D eigenvalue weighted by Crippen LogP contribution is -2.41.